The Balaban J connectivity index is 2.30. The number of H-pyrrole nitrogens is 1. The molecule has 8 nitrogen and oxygen atoms in total. The molecule has 0 spiro atoms. The monoisotopic (exact) mass is 281 g/mol. The number of aryl methyl sites for hydroxylation is 1. The Hall–Kier alpha value is -1.87. The molecule has 2 aromatic rings. The number of hydrazine groups is 1. The molecular weight excluding hydrogens is 266 g/mol. The lowest BCUT2D eigenvalue weighted by Gasteiger charge is -2.05. The molecule has 0 aliphatic carbocycles. The first-order valence-corrected chi connectivity index (χ1v) is 6.61. The van der Waals surface area contributed by atoms with Gasteiger partial charge in [0.15, 0.2) is 5.16 Å². The lowest BCUT2D eigenvalue weighted by molar-refractivity contribution is 0.603. The van der Waals surface area contributed by atoms with Gasteiger partial charge in [-0.05, 0) is 31.2 Å². The van der Waals surface area contributed by atoms with E-state index in [1.807, 2.05) is 13.8 Å². The predicted octanol–water partition coefficient (Wildman–Crippen LogP) is 0.517. The van der Waals surface area contributed by atoms with E-state index in [9.17, 15) is 4.79 Å². The highest BCUT2D eigenvalue weighted by atomic mass is 32.2. The lowest BCUT2D eigenvalue weighted by Crippen LogP contribution is -2.17. The second-order valence-electron chi connectivity index (χ2n) is 3.88. The summed E-state index contributed by atoms with van der Waals surface area (Å²) in [5.74, 6) is 5.64. The van der Waals surface area contributed by atoms with Crippen LogP contribution in [-0.4, -0.2) is 24.7 Å². The van der Waals surface area contributed by atoms with Gasteiger partial charge in [0.25, 0.3) is 0 Å². The Morgan fingerprint density at radius 3 is 3.00 bits per heavy atom. The first kappa shape index (κ1) is 13.6. The minimum Gasteiger partial charge on any atom is -0.292 e. The predicted molar refractivity (Wildman–Crippen MR) is 71.8 cm³/mol. The van der Waals surface area contributed by atoms with Gasteiger partial charge >= 0.3 is 5.69 Å². The van der Waals surface area contributed by atoms with E-state index in [0.717, 1.165) is 12.1 Å². The van der Waals surface area contributed by atoms with Gasteiger partial charge in [-0.3, -0.25) is 9.99 Å². The number of anilines is 1. The summed E-state index contributed by atoms with van der Waals surface area (Å²) in [6.07, 6.45) is 0.853. The van der Waals surface area contributed by atoms with Gasteiger partial charge < -0.3 is 0 Å². The molecule has 19 heavy (non-hydrogen) atoms. The second-order valence-corrected chi connectivity index (χ2v) is 4.87. The maximum Gasteiger partial charge on any atom is 0.343 e. The van der Waals surface area contributed by atoms with E-state index < -0.39 is 0 Å². The van der Waals surface area contributed by atoms with Crippen molar-refractivity contribution in [3.63, 3.8) is 0 Å². The molecule has 2 heterocycles. The van der Waals surface area contributed by atoms with E-state index in [2.05, 4.69) is 25.6 Å². The van der Waals surface area contributed by atoms with Crippen LogP contribution >= 0.6 is 11.8 Å². The number of hydrogen-bond acceptors (Lipinski definition) is 7. The number of rotatable bonds is 5. The van der Waals surface area contributed by atoms with Gasteiger partial charge in [0.05, 0.1) is 0 Å². The quantitative estimate of drug-likeness (QED) is 0.415. The molecule has 0 aliphatic rings. The Labute approximate surface area is 113 Å². The fraction of sp³-hybridized carbons (Fsp3) is 0.400. The molecule has 0 radical (unpaired) electrons. The summed E-state index contributed by atoms with van der Waals surface area (Å²) in [6, 6.07) is 1.81. The average molecular weight is 281 g/mol. The summed E-state index contributed by atoms with van der Waals surface area (Å²) in [6.45, 7) is 4.46. The molecule has 0 fully saturated rings. The third-order valence-electron chi connectivity index (χ3n) is 2.33. The van der Waals surface area contributed by atoms with Gasteiger partial charge in [0.1, 0.15) is 5.03 Å². The van der Waals surface area contributed by atoms with Crippen LogP contribution in [0.2, 0.25) is 0 Å². The second kappa shape index (κ2) is 5.85. The number of nitrogens with two attached hydrogens (primary N) is 1. The van der Waals surface area contributed by atoms with Crippen LogP contribution in [0.25, 0.3) is 0 Å². The molecule has 0 saturated heterocycles. The van der Waals surface area contributed by atoms with Crippen molar-refractivity contribution in [1.29, 1.82) is 0 Å². The fourth-order valence-corrected chi connectivity index (χ4v) is 2.48. The van der Waals surface area contributed by atoms with Crippen LogP contribution in [0.4, 0.5) is 5.95 Å². The number of nitrogens with zero attached hydrogens (tertiary/aromatic N) is 4. The summed E-state index contributed by atoms with van der Waals surface area (Å²) in [5.41, 5.74) is 2.97. The summed E-state index contributed by atoms with van der Waals surface area (Å²) in [5, 5.41) is 7.68. The molecule has 0 aliphatic heterocycles. The van der Waals surface area contributed by atoms with Crippen LogP contribution in [0.3, 0.4) is 0 Å². The molecule has 102 valence electrons. The van der Waals surface area contributed by atoms with Gasteiger partial charge in [-0.25, -0.2) is 25.7 Å². The molecule has 2 rings (SSSR count). The summed E-state index contributed by atoms with van der Waals surface area (Å²) in [4.78, 5) is 19.9. The number of nitrogens with one attached hydrogen (secondary N) is 2. The van der Waals surface area contributed by atoms with Gasteiger partial charge in [0, 0.05) is 12.2 Å². The van der Waals surface area contributed by atoms with E-state index in [0.29, 0.717) is 22.7 Å². The van der Waals surface area contributed by atoms with Gasteiger partial charge in [-0.15, -0.1) is 5.10 Å². The number of hydrogen-bond donors (Lipinski definition) is 3. The highest BCUT2D eigenvalue weighted by Gasteiger charge is 2.11. The van der Waals surface area contributed by atoms with Crippen LogP contribution in [-0.2, 0) is 6.54 Å². The average Bonchev–Trinajstić information content (AvgIpc) is 2.71. The van der Waals surface area contributed by atoms with Crippen molar-refractivity contribution in [2.24, 2.45) is 5.84 Å². The molecule has 0 unspecified atom stereocenters. The van der Waals surface area contributed by atoms with Crippen molar-refractivity contribution >= 4 is 17.7 Å². The van der Waals surface area contributed by atoms with Crippen LogP contribution in [0.15, 0.2) is 21.0 Å². The molecule has 0 atom stereocenters. The minimum absolute atomic E-state index is 0.215. The summed E-state index contributed by atoms with van der Waals surface area (Å²) < 4.78 is 1.58. The van der Waals surface area contributed by atoms with Crippen molar-refractivity contribution in [3.8, 4) is 0 Å². The molecular formula is C10H15N7OS. The van der Waals surface area contributed by atoms with Crippen molar-refractivity contribution in [2.75, 3.05) is 5.43 Å². The SMILES string of the molecule is CCCn1c(Sc2cc(C)nc(NN)n2)n[nH]c1=O. The van der Waals surface area contributed by atoms with Crippen molar-refractivity contribution in [1.82, 2.24) is 24.7 Å². The maximum atomic E-state index is 11.6. The molecule has 0 bridgehead atoms. The molecule has 0 aromatic carbocycles. The summed E-state index contributed by atoms with van der Waals surface area (Å²) >= 11 is 1.29. The van der Waals surface area contributed by atoms with Crippen LogP contribution in [0, 0.1) is 6.92 Å². The normalized spacial score (nSPS) is 10.7. The molecule has 0 saturated carbocycles. The smallest absolute Gasteiger partial charge is 0.292 e. The molecule has 9 heteroatoms. The topological polar surface area (TPSA) is 115 Å². The van der Waals surface area contributed by atoms with E-state index in [4.69, 9.17) is 5.84 Å². The number of aromatic nitrogens is 5. The van der Waals surface area contributed by atoms with Gasteiger partial charge in [-0.1, -0.05) is 6.92 Å². The molecule has 0 amide bonds. The zero-order valence-electron chi connectivity index (χ0n) is 10.7. The molecule has 2 aromatic heterocycles. The Morgan fingerprint density at radius 2 is 2.32 bits per heavy atom. The van der Waals surface area contributed by atoms with E-state index in [1.54, 1.807) is 10.6 Å². The highest BCUT2D eigenvalue weighted by Crippen LogP contribution is 2.24. The van der Waals surface area contributed by atoms with E-state index in [1.165, 1.54) is 11.8 Å². The Bertz CT molecular complexity index is 621. The third-order valence-corrected chi connectivity index (χ3v) is 3.24. The number of aromatic amines is 1. The first-order valence-electron chi connectivity index (χ1n) is 5.79. The van der Waals surface area contributed by atoms with Gasteiger partial charge in [-0.2, -0.15) is 0 Å². The van der Waals surface area contributed by atoms with E-state index >= 15 is 0 Å². The van der Waals surface area contributed by atoms with Crippen LogP contribution in [0.5, 0.6) is 0 Å². The van der Waals surface area contributed by atoms with Crippen molar-refractivity contribution < 1.29 is 0 Å². The highest BCUT2D eigenvalue weighted by molar-refractivity contribution is 7.99. The largest absolute Gasteiger partial charge is 0.343 e. The van der Waals surface area contributed by atoms with Crippen molar-refractivity contribution in [2.45, 2.75) is 37.0 Å². The Morgan fingerprint density at radius 1 is 1.53 bits per heavy atom. The maximum absolute atomic E-state index is 11.6. The zero-order valence-corrected chi connectivity index (χ0v) is 11.5. The first-order chi connectivity index (χ1) is 9.13. The number of nitrogen functional groups attached to an aromatic ring is 1. The zero-order chi connectivity index (χ0) is 13.8. The fourth-order valence-electron chi connectivity index (χ4n) is 1.55. The third kappa shape index (κ3) is 3.12. The van der Waals surface area contributed by atoms with Crippen molar-refractivity contribution in [3.05, 3.63) is 22.2 Å². The standard InChI is InChI=1S/C10H15N7OS/c1-3-4-17-9(18)15-16-10(17)19-7-5-6(2)12-8(13-7)14-11/h5H,3-4,11H2,1-2H3,(H,15,18)(H,12,13,14). The van der Waals surface area contributed by atoms with E-state index in [-0.39, 0.29) is 5.69 Å². The summed E-state index contributed by atoms with van der Waals surface area (Å²) in [7, 11) is 0. The van der Waals surface area contributed by atoms with Crippen LogP contribution < -0.4 is 17.0 Å². The molecule has 4 N–H and O–H groups in total. The van der Waals surface area contributed by atoms with Crippen LogP contribution in [0.1, 0.15) is 19.0 Å². The lowest BCUT2D eigenvalue weighted by atomic mass is 10.5. The van der Waals surface area contributed by atoms with Gasteiger partial charge in [0.2, 0.25) is 5.95 Å². The Kier molecular flexibility index (Phi) is 4.17. The minimum atomic E-state index is -0.215.